The predicted molar refractivity (Wildman–Crippen MR) is 77.8 cm³/mol. The van der Waals surface area contributed by atoms with Gasteiger partial charge in [-0.25, -0.2) is 4.79 Å². The molecule has 2 amide bonds. The molecular formula is C14H19F3N4O2. The summed E-state index contributed by atoms with van der Waals surface area (Å²) in [6.07, 6.45) is -6.25. The third-order valence-electron chi connectivity index (χ3n) is 2.99. The van der Waals surface area contributed by atoms with Crippen LogP contribution in [-0.2, 0) is 5.54 Å². The Hall–Kier alpha value is -2.21. The average Bonchev–Trinajstić information content (AvgIpc) is 2.80. The van der Waals surface area contributed by atoms with E-state index in [1.54, 1.807) is 10.8 Å². The Morgan fingerprint density at radius 3 is 2.52 bits per heavy atom. The van der Waals surface area contributed by atoms with Crippen molar-refractivity contribution in [2.24, 2.45) is 0 Å². The smallest absolute Gasteiger partial charge is 0.384 e. The standard InChI is InChI=1S/C14H19F3N4O2/c1-13(2,3)21-8-9(7-18)6-11(21)20-12(23)19-5-4-10(22)14(15,16)17/h6,8,10,22H,4-5H2,1-3H3,(H2,19,20,23)/t10-/m1/s1. The van der Waals surface area contributed by atoms with Gasteiger partial charge in [0.25, 0.3) is 0 Å². The van der Waals surface area contributed by atoms with E-state index < -0.39 is 30.3 Å². The number of nitriles is 1. The Morgan fingerprint density at radius 1 is 1.43 bits per heavy atom. The minimum Gasteiger partial charge on any atom is -0.384 e. The summed E-state index contributed by atoms with van der Waals surface area (Å²) in [6.45, 7) is 5.28. The van der Waals surface area contributed by atoms with Gasteiger partial charge in [-0.15, -0.1) is 0 Å². The van der Waals surface area contributed by atoms with Crippen molar-refractivity contribution in [3.8, 4) is 6.07 Å². The maximum atomic E-state index is 12.1. The second-order valence-electron chi connectivity index (χ2n) is 5.99. The highest BCUT2D eigenvalue weighted by atomic mass is 19.4. The zero-order chi connectivity index (χ0) is 17.8. The molecule has 0 bridgehead atoms. The zero-order valence-electron chi connectivity index (χ0n) is 13.0. The summed E-state index contributed by atoms with van der Waals surface area (Å²) in [5.41, 5.74) is -0.0489. The fraction of sp³-hybridized carbons (Fsp3) is 0.571. The Labute approximate surface area is 131 Å². The van der Waals surface area contributed by atoms with Gasteiger partial charge in [0.15, 0.2) is 6.10 Å². The average molecular weight is 332 g/mol. The van der Waals surface area contributed by atoms with Crippen molar-refractivity contribution in [3.63, 3.8) is 0 Å². The molecule has 0 aromatic carbocycles. The van der Waals surface area contributed by atoms with E-state index in [2.05, 4.69) is 10.6 Å². The van der Waals surface area contributed by atoms with Gasteiger partial charge in [-0.1, -0.05) is 0 Å². The van der Waals surface area contributed by atoms with Crippen LogP contribution in [0, 0.1) is 11.3 Å². The van der Waals surface area contributed by atoms with Gasteiger partial charge in [0.2, 0.25) is 0 Å². The molecule has 9 heteroatoms. The van der Waals surface area contributed by atoms with Gasteiger partial charge >= 0.3 is 12.2 Å². The minimum atomic E-state index is -4.71. The van der Waals surface area contributed by atoms with Crippen LogP contribution in [-0.4, -0.2) is 34.5 Å². The number of hydrogen-bond donors (Lipinski definition) is 3. The Morgan fingerprint density at radius 2 is 2.04 bits per heavy atom. The molecular weight excluding hydrogens is 313 g/mol. The molecule has 6 nitrogen and oxygen atoms in total. The molecule has 3 N–H and O–H groups in total. The van der Waals surface area contributed by atoms with Gasteiger partial charge in [-0.2, -0.15) is 18.4 Å². The second kappa shape index (κ2) is 6.91. The first-order chi connectivity index (χ1) is 10.4. The Balaban J connectivity index is 2.65. The highest BCUT2D eigenvalue weighted by Crippen LogP contribution is 2.24. The summed E-state index contributed by atoms with van der Waals surface area (Å²) in [4.78, 5) is 11.7. The highest BCUT2D eigenvalue weighted by Gasteiger charge is 2.37. The largest absolute Gasteiger partial charge is 0.414 e. The number of amides is 2. The minimum absolute atomic E-state index is 0.339. The molecule has 0 spiro atoms. The van der Waals surface area contributed by atoms with Crippen LogP contribution in [0.1, 0.15) is 32.8 Å². The molecule has 0 fully saturated rings. The van der Waals surface area contributed by atoms with Crippen molar-refractivity contribution in [1.82, 2.24) is 9.88 Å². The van der Waals surface area contributed by atoms with Crippen molar-refractivity contribution in [2.45, 2.75) is 45.0 Å². The van der Waals surface area contributed by atoms with Gasteiger partial charge in [0.05, 0.1) is 5.56 Å². The number of aliphatic hydroxyl groups excluding tert-OH is 1. The van der Waals surface area contributed by atoms with Crippen LogP contribution in [0.5, 0.6) is 0 Å². The normalized spacial score (nSPS) is 13.3. The number of carbonyl (C=O) groups is 1. The fourth-order valence-electron chi connectivity index (χ4n) is 1.82. The van der Waals surface area contributed by atoms with Crippen LogP contribution in [0.3, 0.4) is 0 Å². The maximum absolute atomic E-state index is 12.1. The number of halogens is 3. The number of carbonyl (C=O) groups excluding carboxylic acids is 1. The SMILES string of the molecule is CC(C)(C)n1cc(C#N)cc1NC(=O)NCC[C@@H](O)C(F)(F)F. The predicted octanol–water partition coefficient (Wildman–Crippen LogP) is 2.55. The molecule has 0 aliphatic heterocycles. The van der Waals surface area contributed by atoms with Gasteiger partial charge in [-0.3, -0.25) is 5.32 Å². The molecule has 0 unspecified atom stereocenters. The first kappa shape index (κ1) is 18.8. The molecule has 23 heavy (non-hydrogen) atoms. The van der Waals surface area contributed by atoms with Crippen LogP contribution in [0.2, 0.25) is 0 Å². The summed E-state index contributed by atoms with van der Waals surface area (Å²) >= 11 is 0. The molecule has 1 aromatic heterocycles. The monoisotopic (exact) mass is 332 g/mol. The number of anilines is 1. The van der Waals surface area contributed by atoms with Crippen molar-refractivity contribution in [1.29, 1.82) is 5.26 Å². The van der Waals surface area contributed by atoms with Gasteiger partial charge < -0.3 is 15.0 Å². The molecule has 128 valence electrons. The molecule has 1 aromatic rings. The van der Waals surface area contributed by atoms with Gasteiger partial charge in [0.1, 0.15) is 11.9 Å². The third-order valence-corrected chi connectivity index (χ3v) is 2.99. The van der Waals surface area contributed by atoms with E-state index >= 15 is 0 Å². The van der Waals surface area contributed by atoms with Crippen molar-refractivity contribution >= 4 is 11.8 Å². The molecule has 0 radical (unpaired) electrons. The Bertz CT molecular complexity index is 597. The van der Waals surface area contributed by atoms with E-state index in [1.165, 1.54) is 6.07 Å². The number of nitrogens with one attached hydrogen (secondary N) is 2. The molecule has 0 saturated carbocycles. The van der Waals surface area contributed by atoms with Crippen LogP contribution in [0.4, 0.5) is 23.8 Å². The number of rotatable bonds is 4. The number of hydrogen-bond acceptors (Lipinski definition) is 3. The number of urea groups is 1. The molecule has 0 aliphatic rings. The van der Waals surface area contributed by atoms with Gasteiger partial charge in [-0.05, 0) is 33.3 Å². The maximum Gasteiger partial charge on any atom is 0.414 e. The molecule has 1 rings (SSSR count). The van der Waals surface area contributed by atoms with Crippen molar-refractivity contribution < 1.29 is 23.1 Å². The van der Waals surface area contributed by atoms with Crippen LogP contribution >= 0.6 is 0 Å². The zero-order valence-corrected chi connectivity index (χ0v) is 13.0. The summed E-state index contributed by atoms with van der Waals surface area (Å²) in [7, 11) is 0. The van der Waals surface area contributed by atoms with Crippen LogP contribution in [0.15, 0.2) is 12.3 Å². The van der Waals surface area contributed by atoms with E-state index in [0.29, 0.717) is 11.4 Å². The van der Waals surface area contributed by atoms with Gasteiger partial charge in [0, 0.05) is 18.3 Å². The highest BCUT2D eigenvalue weighted by molar-refractivity contribution is 5.88. The lowest BCUT2D eigenvalue weighted by molar-refractivity contribution is -0.204. The van der Waals surface area contributed by atoms with E-state index in [-0.39, 0.29) is 6.54 Å². The molecule has 0 aliphatic carbocycles. The number of aliphatic hydroxyl groups is 1. The Kier molecular flexibility index (Phi) is 5.66. The summed E-state index contributed by atoms with van der Waals surface area (Å²) < 4.78 is 38.1. The molecule has 1 heterocycles. The first-order valence-corrected chi connectivity index (χ1v) is 6.87. The fourth-order valence-corrected chi connectivity index (χ4v) is 1.82. The molecule has 1 atom stereocenters. The van der Waals surface area contributed by atoms with E-state index in [0.717, 1.165) is 0 Å². The van der Waals surface area contributed by atoms with Crippen molar-refractivity contribution in [2.75, 3.05) is 11.9 Å². The summed E-state index contributed by atoms with van der Waals surface area (Å²) in [5, 5.41) is 22.5. The van der Waals surface area contributed by atoms with Crippen molar-refractivity contribution in [3.05, 3.63) is 17.8 Å². The third kappa shape index (κ3) is 5.49. The lowest BCUT2D eigenvalue weighted by Crippen LogP contribution is -2.36. The first-order valence-electron chi connectivity index (χ1n) is 6.87. The molecule has 0 saturated heterocycles. The summed E-state index contributed by atoms with van der Waals surface area (Å²) in [5.74, 6) is 0.350. The number of alkyl halides is 3. The lowest BCUT2D eigenvalue weighted by Gasteiger charge is -2.24. The second-order valence-corrected chi connectivity index (χ2v) is 5.99. The van der Waals surface area contributed by atoms with Crippen LogP contribution in [0.25, 0.3) is 0 Å². The lowest BCUT2D eigenvalue weighted by atomic mass is 10.1. The topological polar surface area (TPSA) is 90.1 Å². The van der Waals surface area contributed by atoms with E-state index in [1.807, 2.05) is 26.8 Å². The quantitative estimate of drug-likeness (QED) is 0.791. The number of nitrogens with zero attached hydrogens (tertiary/aromatic N) is 2. The van der Waals surface area contributed by atoms with E-state index in [4.69, 9.17) is 10.4 Å². The van der Waals surface area contributed by atoms with Crippen LogP contribution < -0.4 is 10.6 Å². The van der Waals surface area contributed by atoms with E-state index in [9.17, 15) is 18.0 Å². The summed E-state index contributed by atoms with van der Waals surface area (Å²) in [6, 6.07) is 2.71. The number of aromatic nitrogens is 1.